The maximum atomic E-state index is 11.2. The van der Waals surface area contributed by atoms with Crippen LogP contribution in [0, 0.1) is 0 Å². The predicted octanol–water partition coefficient (Wildman–Crippen LogP) is 0.514. The Morgan fingerprint density at radius 2 is 1.81 bits per heavy atom. The highest BCUT2D eigenvalue weighted by Gasteiger charge is 2.06. The first kappa shape index (κ1) is 13.2. The van der Waals surface area contributed by atoms with Gasteiger partial charge in [-0.25, -0.2) is 8.42 Å². The molecule has 1 aromatic rings. The van der Waals surface area contributed by atoms with Gasteiger partial charge in [0.2, 0.25) is 0 Å². The number of aliphatic hydroxyl groups is 1. The Kier molecular flexibility index (Phi) is 4.46. The largest absolute Gasteiger partial charge is 0.381 e. The van der Waals surface area contributed by atoms with Crippen molar-refractivity contribution < 1.29 is 13.5 Å². The van der Waals surface area contributed by atoms with E-state index in [1.165, 1.54) is 6.26 Å². The van der Waals surface area contributed by atoms with E-state index < -0.39 is 9.84 Å². The van der Waals surface area contributed by atoms with Gasteiger partial charge in [0.1, 0.15) is 0 Å². The number of benzene rings is 1. The fourth-order valence-electron chi connectivity index (χ4n) is 1.29. The molecule has 0 aliphatic carbocycles. The van der Waals surface area contributed by atoms with E-state index in [1.54, 1.807) is 17.0 Å². The van der Waals surface area contributed by atoms with Crippen LogP contribution in [0.3, 0.4) is 0 Å². The van der Waals surface area contributed by atoms with E-state index in [1.807, 2.05) is 19.2 Å². The Morgan fingerprint density at radius 1 is 1.25 bits per heavy atom. The molecule has 0 bridgehead atoms. The number of hydrogen-bond acceptors (Lipinski definition) is 4. The summed E-state index contributed by atoms with van der Waals surface area (Å²) in [6.07, 6.45) is 1.99. The van der Waals surface area contributed by atoms with Crippen LogP contribution in [0.5, 0.6) is 0 Å². The van der Waals surface area contributed by atoms with Crippen LogP contribution in [0.4, 0.5) is 0 Å². The van der Waals surface area contributed by atoms with Crippen LogP contribution in [0.1, 0.15) is 5.56 Å². The monoisotopic (exact) mass is 243 g/mol. The summed E-state index contributed by atoms with van der Waals surface area (Å²) < 4.78 is 22.4. The number of nitrogens with zero attached hydrogens (tertiary/aromatic N) is 1. The first-order chi connectivity index (χ1) is 7.43. The normalized spacial score (nSPS) is 12.0. The van der Waals surface area contributed by atoms with Crippen molar-refractivity contribution in [1.29, 1.82) is 0 Å². The summed E-state index contributed by atoms with van der Waals surface area (Å²) in [5, 5.41) is 8.81. The van der Waals surface area contributed by atoms with Gasteiger partial charge in [-0.3, -0.25) is 4.90 Å². The van der Waals surface area contributed by atoms with Crippen molar-refractivity contribution in [3.8, 4) is 0 Å². The van der Waals surface area contributed by atoms with Crippen LogP contribution < -0.4 is 0 Å². The second-order valence-corrected chi connectivity index (χ2v) is 5.90. The molecule has 4 nitrogen and oxygen atoms in total. The van der Waals surface area contributed by atoms with Crippen molar-refractivity contribution in [2.75, 3.05) is 26.6 Å². The average molecular weight is 243 g/mol. The standard InChI is InChI=1S/C11H17NO3S/c1-12(9-13)8-7-10-3-5-11(6-4-10)16(2,14)15/h3-6,13H,7-9H2,1-2H3. The fourth-order valence-corrected chi connectivity index (χ4v) is 1.92. The predicted molar refractivity (Wildman–Crippen MR) is 63.0 cm³/mol. The highest BCUT2D eigenvalue weighted by Crippen LogP contribution is 2.10. The third kappa shape index (κ3) is 3.92. The Labute approximate surface area is 96.4 Å². The smallest absolute Gasteiger partial charge is 0.175 e. The molecule has 0 heterocycles. The van der Waals surface area contributed by atoms with Crippen LogP contribution >= 0.6 is 0 Å². The molecule has 0 amide bonds. The highest BCUT2D eigenvalue weighted by atomic mass is 32.2. The molecule has 1 N–H and O–H groups in total. The van der Waals surface area contributed by atoms with Crippen molar-refractivity contribution in [1.82, 2.24) is 4.90 Å². The van der Waals surface area contributed by atoms with E-state index in [4.69, 9.17) is 5.11 Å². The van der Waals surface area contributed by atoms with E-state index in [-0.39, 0.29) is 6.73 Å². The first-order valence-corrected chi connectivity index (χ1v) is 6.91. The molecule has 0 aromatic heterocycles. The molecule has 0 spiro atoms. The van der Waals surface area contributed by atoms with Gasteiger partial charge in [-0.15, -0.1) is 0 Å². The summed E-state index contributed by atoms with van der Waals surface area (Å²) in [5.41, 5.74) is 1.06. The van der Waals surface area contributed by atoms with Gasteiger partial charge >= 0.3 is 0 Å². The van der Waals surface area contributed by atoms with E-state index in [2.05, 4.69) is 0 Å². The maximum Gasteiger partial charge on any atom is 0.175 e. The van der Waals surface area contributed by atoms with E-state index in [0.717, 1.165) is 18.5 Å². The van der Waals surface area contributed by atoms with Crippen LogP contribution in [0.25, 0.3) is 0 Å². The third-order valence-electron chi connectivity index (χ3n) is 2.38. The quantitative estimate of drug-likeness (QED) is 0.766. The second-order valence-electron chi connectivity index (χ2n) is 3.89. The number of aliphatic hydroxyl groups excluding tert-OH is 1. The van der Waals surface area contributed by atoms with Gasteiger partial charge < -0.3 is 5.11 Å². The van der Waals surface area contributed by atoms with E-state index in [0.29, 0.717) is 4.90 Å². The van der Waals surface area contributed by atoms with Gasteiger partial charge in [0, 0.05) is 12.8 Å². The van der Waals surface area contributed by atoms with Crippen LogP contribution in [0.15, 0.2) is 29.2 Å². The number of likely N-dealkylation sites (N-methyl/N-ethyl adjacent to an activating group) is 1. The minimum atomic E-state index is -3.11. The minimum Gasteiger partial charge on any atom is -0.381 e. The topological polar surface area (TPSA) is 57.6 Å². The molecule has 90 valence electrons. The molecule has 16 heavy (non-hydrogen) atoms. The van der Waals surface area contributed by atoms with Crippen LogP contribution in [-0.4, -0.2) is 45.0 Å². The van der Waals surface area contributed by atoms with Crippen LogP contribution in [0.2, 0.25) is 0 Å². The number of sulfone groups is 1. The Balaban J connectivity index is 2.66. The van der Waals surface area contributed by atoms with Gasteiger partial charge in [0.15, 0.2) is 9.84 Å². The zero-order valence-corrected chi connectivity index (χ0v) is 10.4. The SMILES string of the molecule is CN(CO)CCc1ccc(S(C)(=O)=O)cc1. The lowest BCUT2D eigenvalue weighted by Gasteiger charge is -2.12. The molecular formula is C11H17NO3S. The van der Waals surface area contributed by atoms with Gasteiger partial charge in [0.25, 0.3) is 0 Å². The van der Waals surface area contributed by atoms with Crippen molar-refractivity contribution in [2.45, 2.75) is 11.3 Å². The average Bonchev–Trinajstić information content (AvgIpc) is 2.25. The van der Waals surface area contributed by atoms with E-state index >= 15 is 0 Å². The molecule has 0 aliphatic heterocycles. The number of rotatable bonds is 5. The van der Waals surface area contributed by atoms with Gasteiger partial charge in [-0.2, -0.15) is 0 Å². The molecule has 1 aromatic carbocycles. The van der Waals surface area contributed by atoms with Gasteiger partial charge in [-0.05, 0) is 31.2 Å². The molecule has 0 atom stereocenters. The van der Waals surface area contributed by atoms with Crippen molar-refractivity contribution in [2.24, 2.45) is 0 Å². The Morgan fingerprint density at radius 3 is 2.25 bits per heavy atom. The summed E-state index contributed by atoms with van der Waals surface area (Å²) >= 11 is 0. The van der Waals surface area contributed by atoms with E-state index in [9.17, 15) is 8.42 Å². The Bertz CT molecular complexity index is 425. The molecule has 0 saturated carbocycles. The second kappa shape index (κ2) is 5.43. The molecule has 5 heteroatoms. The molecular weight excluding hydrogens is 226 g/mol. The summed E-state index contributed by atoms with van der Waals surface area (Å²) in [6.45, 7) is 0.774. The Hall–Kier alpha value is -0.910. The molecule has 0 aliphatic rings. The van der Waals surface area contributed by atoms with Crippen molar-refractivity contribution in [3.63, 3.8) is 0 Å². The summed E-state index contributed by atoms with van der Waals surface area (Å²) in [4.78, 5) is 2.12. The lowest BCUT2D eigenvalue weighted by atomic mass is 10.1. The molecule has 0 saturated heterocycles. The zero-order valence-electron chi connectivity index (χ0n) is 9.55. The van der Waals surface area contributed by atoms with Gasteiger partial charge in [-0.1, -0.05) is 12.1 Å². The fraction of sp³-hybridized carbons (Fsp3) is 0.455. The molecule has 0 fully saturated rings. The lowest BCUT2D eigenvalue weighted by Crippen LogP contribution is -2.21. The lowest BCUT2D eigenvalue weighted by molar-refractivity contribution is 0.134. The van der Waals surface area contributed by atoms with Crippen molar-refractivity contribution >= 4 is 9.84 Å². The third-order valence-corrected chi connectivity index (χ3v) is 3.50. The molecule has 1 rings (SSSR count). The van der Waals surface area contributed by atoms with Crippen LogP contribution in [-0.2, 0) is 16.3 Å². The summed E-state index contributed by atoms with van der Waals surface area (Å²) in [7, 11) is -1.28. The van der Waals surface area contributed by atoms with Gasteiger partial charge in [0.05, 0.1) is 11.6 Å². The summed E-state index contributed by atoms with van der Waals surface area (Å²) in [5.74, 6) is 0. The maximum absolute atomic E-state index is 11.2. The molecule has 0 radical (unpaired) electrons. The number of hydrogen-bond donors (Lipinski definition) is 1. The summed E-state index contributed by atoms with van der Waals surface area (Å²) in [6, 6.07) is 6.84. The molecule has 0 unspecified atom stereocenters. The van der Waals surface area contributed by atoms with Crippen molar-refractivity contribution in [3.05, 3.63) is 29.8 Å². The first-order valence-electron chi connectivity index (χ1n) is 5.02. The zero-order chi connectivity index (χ0) is 12.2. The highest BCUT2D eigenvalue weighted by molar-refractivity contribution is 7.90. The minimum absolute atomic E-state index is 0.0292.